The lowest BCUT2D eigenvalue weighted by atomic mass is 10.0. The summed E-state index contributed by atoms with van der Waals surface area (Å²) >= 11 is 0. The standard InChI is InChI=1S/C25H28O6/c1-2-6-19-23(11-10-20(24(19)28)25(29)30)31-12-5-3-4-7-16-8-9-17-14-21(26)22(27)15-18(17)13-16/h8-11,13-15,26-28H,2-7,12H2,1H3,(H,29,30). The number of phenols is 3. The maximum atomic E-state index is 11.2. The normalized spacial score (nSPS) is 11.0. The van der Waals surface area contributed by atoms with E-state index in [2.05, 4.69) is 0 Å². The molecule has 6 nitrogen and oxygen atoms in total. The van der Waals surface area contributed by atoms with Crippen molar-refractivity contribution in [1.82, 2.24) is 0 Å². The molecule has 3 aromatic rings. The molecule has 4 N–H and O–H groups in total. The third kappa shape index (κ3) is 5.40. The van der Waals surface area contributed by atoms with E-state index in [4.69, 9.17) is 4.74 Å². The first-order valence-corrected chi connectivity index (χ1v) is 10.6. The van der Waals surface area contributed by atoms with Crippen LogP contribution in [0.25, 0.3) is 10.8 Å². The van der Waals surface area contributed by atoms with Gasteiger partial charge < -0.3 is 25.2 Å². The molecule has 0 aliphatic carbocycles. The highest BCUT2D eigenvalue weighted by atomic mass is 16.5. The molecule has 3 rings (SSSR count). The fraction of sp³-hybridized carbons (Fsp3) is 0.320. The van der Waals surface area contributed by atoms with Crippen LogP contribution in [-0.4, -0.2) is 33.0 Å². The first-order chi connectivity index (χ1) is 14.9. The molecule has 0 spiro atoms. The summed E-state index contributed by atoms with van der Waals surface area (Å²) in [5.74, 6) is -1.05. The van der Waals surface area contributed by atoms with Gasteiger partial charge in [-0.2, -0.15) is 0 Å². The third-order valence-corrected chi connectivity index (χ3v) is 5.34. The summed E-state index contributed by atoms with van der Waals surface area (Å²) in [6, 6.07) is 12.1. The summed E-state index contributed by atoms with van der Waals surface area (Å²) in [6.45, 7) is 2.46. The molecule has 0 bridgehead atoms. The first-order valence-electron chi connectivity index (χ1n) is 10.6. The molecule has 31 heavy (non-hydrogen) atoms. The molecule has 0 unspecified atom stereocenters. The number of hydrogen-bond acceptors (Lipinski definition) is 5. The van der Waals surface area contributed by atoms with Crippen molar-refractivity contribution in [3.8, 4) is 23.0 Å². The second-order valence-corrected chi connectivity index (χ2v) is 7.68. The summed E-state index contributed by atoms with van der Waals surface area (Å²) in [6.07, 6.45) is 5.00. The van der Waals surface area contributed by atoms with Crippen molar-refractivity contribution in [3.63, 3.8) is 0 Å². The zero-order valence-electron chi connectivity index (χ0n) is 17.6. The Bertz CT molecular complexity index is 1070. The molecule has 0 aliphatic rings. The number of fused-ring (bicyclic) bond motifs is 1. The Morgan fingerprint density at radius 3 is 2.32 bits per heavy atom. The molecule has 0 radical (unpaired) electrons. The fourth-order valence-corrected chi connectivity index (χ4v) is 3.69. The number of aromatic hydroxyl groups is 3. The van der Waals surface area contributed by atoms with Crippen molar-refractivity contribution >= 4 is 16.7 Å². The SMILES string of the molecule is CCCc1c(OCCCCCc2ccc3cc(O)c(O)cc3c2)ccc(C(=O)O)c1O. The molecular weight excluding hydrogens is 396 g/mol. The van der Waals surface area contributed by atoms with Crippen molar-refractivity contribution in [2.24, 2.45) is 0 Å². The van der Waals surface area contributed by atoms with Gasteiger partial charge in [0.05, 0.1) is 6.61 Å². The van der Waals surface area contributed by atoms with E-state index in [0.717, 1.165) is 48.4 Å². The van der Waals surface area contributed by atoms with E-state index in [0.29, 0.717) is 24.3 Å². The van der Waals surface area contributed by atoms with Gasteiger partial charge in [-0.3, -0.25) is 0 Å². The highest BCUT2D eigenvalue weighted by molar-refractivity contribution is 5.91. The molecule has 0 amide bonds. The smallest absolute Gasteiger partial charge is 0.339 e. The average molecular weight is 424 g/mol. The van der Waals surface area contributed by atoms with Crippen molar-refractivity contribution in [1.29, 1.82) is 0 Å². The first kappa shape index (κ1) is 22.3. The molecule has 3 aromatic carbocycles. The number of carboxylic acids is 1. The number of benzene rings is 3. The fourth-order valence-electron chi connectivity index (χ4n) is 3.69. The van der Waals surface area contributed by atoms with Gasteiger partial charge in [0.1, 0.15) is 17.1 Å². The van der Waals surface area contributed by atoms with Crippen molar-refractivity contribution in [3.05, 3.63) is 59.2 Å². The summed E-state index contributed by atoms with van der Waals surface area (Å²) < 4.78 is 5.84. The van der Waals surface area contributed by atoms with E-state index in [1.807, 2.05) is 25.1 Å². The summed E-state index contributed by atoms with van der Waals surface area (Å²) in [5.41, 5.74) is 1.61. The number of unbranched alkanes of at least 4 members (excludes halogenated alkanes) is 2. The molecular formula is C25H28O6. The monoisotopic (exact) mass is 424 g/mol. The number of hydrogen-bond donors (Lipinski definition) is 4. The molecule has 0 saturated carbocycles. The van der Waals surface area contributed by atoms with Gasteiger partial charge in [-0.05, 0) is 72.7 Å². The van der Waals surface area contributed by atoms with Gasteiger partial charge >= 0.3 is 5.97 Å². The van der Waals surface area contributed by atoms with E-state index >= 15 is 0 Å². The van der Waals surface area contributed by atoms with Crippen LogP contribution in [0.15, 0.2) is 42.5 Å². The van der Waals surface area contributed by atoms with Crippen LogP contribution in [0.2, 0.25) is 0 Å². The summed E-state index contributed by atoms with van der Waals surface area (Å²) in [4.78, 5) is 11.2. The van der Waals surface area contributed by atoms with Gasteiger partial charge in [-0.15, -0.1) is 0 Å². The van der Waals surface area contributed by atoms with E-state index in [9.17, 15) is 25.2 Å². The van der Waals surface area contributed by atoms with Crippen LogP contribution in [-0.2, 0) is 12.8 Å². The Labute approximate surface area is 181 Å². The second kappa shape index (κ2) is 10.1. The highest BCUT2D eigenvalue weighted by Gasteiger charge is 2.17. The van der Waals surface area contributed by atoms with Gasteiger partial charge in [0, 0.05) is 5.56 Å². The molecule has 0 heterocycles. The zero-order chi connectivity index (χ0) is 22.4. The van der Waals surface area contributed by atoms with Crippen molar-refractivity contribution < 1.29 is 30.0 Å². The lowest BCUT2D eigenvalue weighted by Crippen LogP contribution is -2.04. The van der Waals surface area contributed by atoms with Crippen molar-refractivity contribution in [2.45, 2.75) is 45.4 Å². The van der Waals surface area contributed by atoms with Crippen LogP contribution in [0, 0.1) is 0 Å². The molecule has 0 atom stereocenters. The predicted molar refractivity (Wildman–Crippen MR) is 119 cm³/mol. The predicted octanol–water partition coefficient (Wildman–Crippen LogP) is 5.40. The number of rotatable bonds is 10. The van der Waals surface area contributed by atoms with Gasteiger partial charge in [0.25, 0.3) is 0 Å². The van der Waals surface area contributed by atoms with Crippen LogP contribution < -0.4 is 4.74 Å². The van der Waals surface area contributed by atoms with Gasteiger partial charge in [0.15, 0.2) is 11.5 Å². The van der Waals surface area contributed by atoms with E-state index < -0.39 is 5.97 Å². The molecule has 0 fully saturated rings. The lowest BCUT2D eigenvalue weighted by Gasteiger charge is -2.14. The Morgan fingerprint density at radius 2 is 1.61 bits per heavy atom. The Morgan fingerprint density at radius 1 is 0.871 bits per heavy atom. The molecule has 0 aliphatic heterocycles. The number of carboxylic acid groups (broad SMARTS) is 1. The molecule has 0 saturated heterocycles. The Balaban J connectivity index is 1.50. The van der Waals surface area contributed by atoms with E-state index in [1.54, 1.807) is 18.2 Å². The highest BCUT2D eigenvalue weighted by Crippen LogP contribution is 2.33. The van der Waals surface area contributed by atoms with Crippen LogP contribution >= 0.6 is 0 Å². The minimum atomic E-state index is -1.15. The van der Waals surface area contributed by atoms with Crippen LogP contribution in [0.4, 0.5) is 0 Å². The van der Waals surface area contributed by atoms with E-state index in [1.165, 1.54) is 6.07 Å². The number of phenolic OH excluding ortho intramolecular Hbond substituents is 2. The second-order valence-electron chi connectivity index (χ2n) is 7.68. The Hall–Kier alpha value is -3.41. The van der Waals surface area contributed by atoms with Crippen LogP contribution in [0.5, 0.6) is 23.0 Å². The minimum Gasteiger partial charge on any atom is -0.507 e. The maximum absolute atomic E-state index is 11.2. The average Bonchev–Trinajstić information content (AvgIpc) is 2.73. The summed E-state index contributed by atoms with van der Waals surface area (Å²) in [7, 11) is 0. The summed E-state index contributed by atoms with van der Waals surface area (Å²) in [5, 5.41) is 40.5. The number of aromatic carboxylic acids is 1. The van der Waals surface area contributed by atoms with Crippen molar-refractivity contribution in [2.75, 3.05) is 6.61 Å². The van der Waals surface area contributed by atoms with E-state index in [-0.39, 0.29) is 22.8 Å². The number of carbonyl (C=O) groups is 1. The third-order valence-electron chi connectivity index (χ3n) is 5.34. The topological polar surface area (TPSA) is 107 Å². The molecule has 6 heteroatoms. The van der Waals surface area contributed by atoms with Gasteiger partial charge in [-0.1, -0.05) is 31.5 Å². The Kier molecular flexibility index (Phi) is 7.23. The maximum Gasteiger partial charge on any atom is 0.339 e. The molecule has 164 valence electrons. The largest absolute Gasteiger partial charge is 0.507 e. The zero-order valence-corrected chi connectivity index (χ0v) is 17.6. The van der Waals surface area contributed by atoms with Crippen LogP contribution in [0.3, 0.4) is 0 Å². The number of aryl methyl sites for hydroxylation is 1. The van der Waals surface area contributed by atoms with Gasteiger partial charge in [-0.25, -0.2) is 4.79 Å². The van der Waals surface area contributed by atoms with Crippen LogP contribution in [0.1, 0.15) is 54.1 Å². The quantitative estimate of drug-likeness (QED) is 0.256. The molecule has 0 aromatic heterocycles. The lowest BCUT2D eigenvalue weighted by molar-refractivity contribution is 0.0693. The number of ether oxygens (including phenoxy) is 1. The minimum absolute atomic E-state index is 0.102. The van der Waals surface area contributed by atoms with Gasteiger partial charge in [0.2, 0.25) is 0 Å².